The normalized spacial score (nSPS) is 12.4. The summed E-state index contributed by atoms with van der Waals surface area (Å²) < 4.78 is 5.22. The van der Waals surface area contributed by atoms with E-state index in [0.717, 1.165) is 5.56 Å². The fourth-order valence-corrected chi connectivity index (χ4v) is 1.34. The first-order chi connectivity index (χ1) is 6.74. The van der Waals surface area contributed by atoms with Gasteiger partial charge in [-0.3, -0.25) is 4.79 Å². The SMILES string of the molecule is COC(CCC(=O)O)c1ccccc1. The molecule has 0 saturated heterocycles. The molecule has 1 aromatic rings. The fourth-order valence-electron chi connectivity index (χ4n) is 1.34. The highest BCUT2D eigenvalue weighted by molar-refractivity contribution is 5.66. The second kappa shape index (κ2) is 5.40. The van der Waals surface area contributed by atoms with Gasteiger partial charge in [0.05, 0.1) is 6.10 Å². The quantitative estimate of drug-likeness (QED) is 0.781. The third-order valence-electron chi connectivity index (χ3n) is 2.08. The lowest BCUT2D eigenvalue weighted by Gasteiger charge is -2.14. The zero-order valence-corrected chi connectivity index (χ0v) is 8.14. The second-order valence-corrected chi connectivity index (χ2v) is 3.07. The van der Waals surface area contributed by atoms with Crippen LogP contribution in [0.4, 0.5) is 0 Å². The van der Waals surface area contributed by atoms with E-state index in [9.17, 15) is 4.79 Å². The van der Waals surface area contributed by atoms with Gasteiger partial charge in [0, 0.05) is 13.5 Å². The number of hydrogen-bond donors (Lipinski definition) is 1. The predicted molar refractivity (Wildman–Crippen MR) is 53.1 cm³/mol. The number of hydrogen-bond acceptors (Lipinski definition) is 2. The van der Waals surface area contributed by atoms with Crippen molar-refractivity contribution in [1.82, 2.24) is 0 Å². The van der Waals surface area contributed by atoms with E-state index in [1.807, 2.05) is 30.3 Å². The van der Waals surface area contributed by atoms with Crippen molar-refractivity contribution in [2.24, 2.45) is 0 Å². The van der Waals surface area contributed by atoms with Crippen molar-refractivity contribution in [2.75, 3.05) is 7.11 Å². The zero-order chi connectivity index (χ0) is 10.4. The van der Waals surface area contributed by atoms with Gasteiger partial charge in [0.25, 0.3) is 0 Å². The summed E-state index contributed by atoms with van der Waals surface area (Å²) in [6.07, 6.45) is 0.524. The summed E-state index contributed by atoms with van der Waals surface area (Å²) in [4.78, 5) is 10.4. The van der Waals surface area contributed by atoms with Crippen LogP contribution < -0.4 is 0 Å². The second-order valence-electron chi connectivity index (χ2n) is 3.07. The molecule has 1 unspecified atom stereocenters. The lowest BCUT2D eigenvalue weighted by Crippen LogP contribution is -2.04. The molecule has 3 nitrogen and oxygen atoms in total. The van der Waals surface area contributed by atoms with Crippen LogP contribution in [0.25, 0.3) is 0 Å². The van der Waals surface area contributed by atoms with E-state index in [2.05, 4.69) is 0 Å². The summed E-state index contributed by atoms with van der Waals surface area (Å²) >= 11 is 0. The Kier molecular flexibility index (Phi) is 4.13. The summed E-state index contributed by atoms with van der Waals surface area (Å²) in [6.45, 7) is 0. The predicted octanol–water partition coefficient (Wildman–Crippen LogP) is 2.24. The van der Waals surface area contributed by atoms with Gasteiger partial charge in [-0.15, -0.1) is 0 Å². The van der Waals surface area contributed by atoms with Gasteiger partial charge in [-0.1, -0.05) is 30.3 Å². The van der Waals surface area contributed by atoms with Crippen molar-refractivity contribution < 1.29 is 14.6 Å². The largest absolute Gasteiger partial charge is 0.481 e. The molecule has 0 radical (unpaired) electrons. The Labute approximate surface area is 83.3 Å². The lowest BCUT2D eigenvalue weighted by molar-refractivity contribution is -0.137. The van der Waals surface area contributed by atoms with Crippen molar-refractivity contribution in [3.63, 3.8) is 0 Å². The molecule has 0 aliphatic heterocycles. The Bertz CT molecular complexity index is 282. The molecule has 3 heteroatoms. The van der Waals surface area contributed by atoms with Crippen LogP contribution in [-0.2, 0) is 9.53 Å². The highest BCUT2D eigenvalue weighted by Crippen LogP contribution is 2.21. The number of ether oxygens (including phenoxy) is 1. The molecule has 1 atom stereocenters. The van der Waals surface area contributed by atoms with Gasteiger partial charge >= 0.3 is 5.97 Å². The first kappa shape index (κ1) is 10.7. The van der Waals surface area contributed by atoms with Crippen LogP contribution in [0.5, 0.6) is 0 Å². The van der Waals surface area contributed by atoms with Crippen molar-refractivity contribution in [1.29, 1.82) is 0 Å². The van der Waals surface area contributed by atoms with Crippen LogP contribution in [0, 0.1) is 0 Å². The Morgan fingerprint density at radius 3 is 2.57 bits per heavy atom. The number of methoxy groups -OCH3 is 1. The number of benzene rings is 1. The van der Waals surface area contributed by atoms with E-state index in [4.69, 9.17) is 9.84 Å². The zero-order valence-electron chi connectivity index (χ0n) is 8.14. The number of rotatable bonds is 5. The maximum Gasteiger partial charge on any atom is 0.303 e. The Balaban J connectivity index is 2.58. The van der Waals surface area contributed by atoms with Crippen LogP contribution in [0.3, 0.4) is 0 Å². The Morgan fingerprint density at radius 2 is 2.07 bits per heavy atom. The van der Waals surface area contributed by atoms with Crippen LogP contribution in [0.2, 0.25) is 0 Å². The van der Waals surface area contributed by atoms with Gasteiger partial charge in [0.1, 0.15) is 0 Å². The number of carbonyl (C=O) groups is 1. The minimum atomic E-state index is -0.789. The topological polar surface area (TPSA) is 46.5 Å². The highest BCUT2D eigenvalue weighted by Gasteiger charge is 2.11. The lowest BCUT2D eigenvalue weighted by atomic mass is 10.1. The standard InChI is InChI=1S/C11H14O3/c1-14-10(7-8-11(12)13)9-5-3-2-4-6-9/h2-6,10H,7-8H2,1H3,(H,12,13). The van der Waals surface area contributed by atoms with E-state index in [-0.39, 0.29) is 12.5 Å². The van der Waals surface area contributed by atoms with E-state index in [1.54, 1.807) is 7.11 Å². The summed E-state index contributed by atoms with van der Waals surface area (Å²) in [5.74, 6) is -0.789. The minimum absolute atomic E-state index is 0.118. The van der Waals surface area contributed by atoms with E-state index < -0.39 is 5.97 Å². The number of carboxylic acids is 1. The summed E-state index contributed by atoms with van der Waals surface area (Å²) in [6, 6.07) is 9.64. The molecule has 0 spiro atoms. The monoisotopic (exact) mass is 194 g/mol. The van der Waals surface area contributed by atoms with E-state index in [0.29, 0.717) is 6.42 Å². The molecular weight excluding hydrogens is 180 g/mol. The minimum Gasteiger partial charge on any atom is -0.481 e. The molecule has 1 rings (SSSR count). The average Bonchev–Trinajstić information content (AvgIpc) is 2.20. The molecule has 14 heavy (non-hydrogen) atoms. The molecule has 76 valence electrons. The van der Waals surface area contributed by atoms with E-state index in [1.165, 1.54) is 0 Å². The smallest absolute Gasteiger partial charge is 0.303 e. The molecular formula is C11H14O3. The van der Waals surface area contributed by atoms with Crippen molar-refractivity contribution >= 4 is 5.97 Å². The van der Waals surface area contributed by atoms with Gasteiger partial charge in [0.15, 0.2) is 0 Å². The van der Waals surface area contributed by atoms with Gasteiger partial charge in [0.2, 0.25) is 0 Å². The molecule has 0 saturated carbocycles. The van der Waals surface area contributed by atoms with Crippen LogP contribution >= 0.6 is 0 Å². The third kappa shape index (κ3) is 3.18. The summed E-state index contributed by atoms with van der Waals surface area (Å²) in [5.41, 5.74) is 1.02. The molecule has 0 heterocycles. The third-order valence-corrected chi connectivity index (χ3v) is 2.08. The Hall–Kier alpha value is -1.35. The molecule has 0 aliphatic carbocycles. The Morgan fingerprint density at radius 1 is 1.43 bits per heavy atom. The van der Waals surface area contributed by atoms with Gasteiger partial charge in [-0.05, 0) is 12.0 Å². The van der Waals surface area contributed by atoms with Gasteiger partial charge in [-0.2, -0.15) is 0 Å². The van der Waals surface area contributed by atoms with E-state index >= 15 is 0 Å². The maximum absolute atomic E-state index is 10.4. The molecule has 0 amide bonds. The van der Waals surface area contributed by atoms with Crippen LogP contribution in [-0.4, -0.2) is 18.2 Å². The summed E-state index contributed by atoms with van der Waals surface area (Å²) in [7, 11) is 1.60. The molecule has 1 N–H and O–H groups in total. The molecule has 0 aromatic heterocycles. The average molecular weight is 194 g/mol. The number of carboxylic acid groups (broad SMARTS) is 1. The van der Waals surface area contributed by atoms with Crippen LogP contribution in [0.1, 0.15) is 24.5 Å². The number of aliphatic carboxylic acids is 1. The van der Waals surface area contributed by atoms with Crippen molar-refractivity contribution in [2.45, 2.75) is 18.9 Å². The molecule has 0 bridgehead atoms. The maximum atomic E-state index is 10.4. The van der Waals surface area contributed by atoms with Crippen molar-refractivity contribution in [3.8, 4) is 0 Å². The highest BCUT2D eigenvalue weighted by atomic mass is 16.5. The molecule has 0 fully saturated rings. The first-order valence-corrected chi connectivity index (χ1v) is 4.53. The van der Waals surface area contributed by atoms with Crippen molar-refractivity contribution in [3.05, 3.63) is 35.9 Å². The van der Waals surface area contributed by atoms with Crippen LogP contribution in [0.15, 0.2) is 30.3 Å². The van der Waals surface area contributed by atoms with Gasteiger partial charge < -0.3 is 9.84 Å². The molecule has 0 aliphatic rings. The van der Waals surface area contributed by atoms with Gasteiger partial charge in [-0.25, -0.2) is 0 Å². The summed E-state index contributed by atoms with van der Waals surface area (Å²) in [5, 5.41) is 8.55. The fraction of sp³-hybridized carbons (Fsp3) is 0.364. The molecule has 1 aromatic carbocycles. The first-order valence-electron chi connectivity index (χ1n) is 4.53.